The Morgan fingerprint density at radius 2 is 2.12 bits per heavy atom. The molecule has 1 fully saturated rings. The molecule has 1 amide bonds. The maximum Gasteiger partial charge on any atom is 0.252 e. The first kappa shape index (κ1) is 15.5. The van der Waals surface area contributed by atoms with E-state index in [4.69, 9.17) is 0 Å². The molecule has 0 unspecified atom stereocenters. The van der Waals surface area contributed by atoms with Crippen molar-refractivity contribution in [3.63, 3.8) is 0 Å². The van der Waals surface area contributed by atoms with Gasteiger partial charge in [0.2, 0.25) is 0 Å². The van der Waals surface area contributed by atoms with Crippen molar-refractivity contribution in [3.05, 3.63) is 49.4 Å². The maximum atomic E-state index is 13.0. The molecule has 0 atom stereocenters. The fourth-order valence-electron chi connectivity index (χ4n) is 3.09. The lowest BCUT2D eigenvalue weighted by Crippen LogP contribution is -2.52. The van der Waals surface area contributed by atoms with Crippen LogP contribution in [-0.2, 0) is 10.3 Å². The summed E-state index contributed by atoms with van der Waals surface area (Å²) in [6.07, 6.45) is 9.55. The summed E-state index contributed by atoms with van der Waals surface area (Å²) >= 11 is 0. The van der Waals surface area contributed by atoms with E-state index >= 15 is 0 Å². The minimum Gasteiger partial charge on any atom is -0.323 e. The molecule has 0 aliphatic carbocycles. The molecule has 0 radical (unpaired) electrons. The van der Waals surface area contributed by atoms with Crippen LogP contribution in [-0.4, -0.2) is 48.5 Å². The first-order valence-electron chi connectivity index (χ1n) is 8.11. The summed E-state index contributed by atoms with van der Waals surface area (Å²) in [6.45, 7) is 1.55. The van der Waals surface area contributed by atoms with E-state index in [1.807, 2.05) is 12.3 Å². The Labute approximate surface area is 144 Å². The van der Waals surface area contributed by atoms with Crippen LogP contribution < -0.4 is 10.6 Å². The highest BCUT2D eigenvalue weighted by Crippen LogP contribution is 2.28. The topological polar surface area (TPSA) is 103 Å². The zero-order valence-corrected chi connectivity index (χ0v) is 13.5. The van der Waals surface area contributed by atoms with Crippen molar-refractivity contribution in [2.75, 3.05) is 18.4 Å². The van der Waals surface area contributed by atoms with E-state index in [9.17, 15) is 4.79 Å². The van der Waals surface area contributed by atoms with Crippen molar-refractivity contribution in [2.45, 2.75) is 18.4 Å². The molecule has 4 rings (SSSR count). The Hall–Kier alpha value is -3.07. The van der Waals surface area contributed by atoms with Gasteiger partial charge in [-0.3, -0.25) is 9.48 Å². The molecule has 128 valence electrons. The number of hydrogen-bond donors (Lipinski definition) is 2. The summed E-state index contributed by atoms with van der Waals surface area (Å²) in [6, 6.07) is 5.43. The Morgan fingerprint density at radius 1 is 1.24 bits per heavy atom. The number of carbonyl (C=O) groups excluding carboxylic acids is 1. The van der Waals surface area contributed by atoms with E-state index in [0.29, 0.717) is 24.3 Å². The summed E-state index contributed by atoms with van der Waals surface area (Å²) in [4.78, 5) is 21.3. The van der Waals surface area contributed by atoms with Crippen molar-refractivity contribution in [1.29, 1.82) is 0 Å². The lowest BCUT2D eigenvalue weighted by atomic mass is 9.87. The smallest absolute Gasteiger partial charge is 0.252 e. The second-order valence-electron chi connectivity index (χ2n) is 5.93. The molecule has 0 spiro atoms. The lowest BCUT2D eigenvalue weighted by Gasteiger charge is -2.36. The molecule has 25 heavy (non-hydrogen) atoms. The van der Waals surface area contributed by atoms with Gasteiger partial charge in [-0.2, -0.15) is 10.2 Å². The van der Waals surface area contributed by atoms with Gasteiger partial charge in [0.05, 0.1) is 11.9 Å². The molecule has 3 aromatic heterocycles. The zero-order valence-electron chi connectivity index (χ0n) is 13.5. The van der Waals surface area contributed by atoms with Crippen LogP contribution in [0.1, 0.15) is 12.8 Å². The van der Waals surface area contributed by atoms with E-state index < -0.39 is 5.54 Å². The number of pyridine rings is 1. The second-order valence-corrected chi connectivity index (χ2v) is 5.93. The average Bonchev–Trinajstić information content (AvgIpc) is 3.37. The fourth-order valence-corrected chi connectivity index (χ4v) is 3.09. The van der Waals surface area contributed by atoms with Crippen LogP contribution in [0.25, 0.3) is 5.82 Å². The highest BCUT2D eigenvalue weighted by atomic mass is 16.2. The molecule has 9 nitrogen and oxygen atoms in total. The van der Waals surface area contributed by atoms with Gasteiger partial charge in [0.1, 0.15) is 18.2 Å². The lowest BCUT2D eigenvalue weighted by molar-refractivity contribution is -0.126. The minimum atomic E-state index is -0.681. The first-order valence-corrected chi connectivity index (χ1v) is 8.11. The summed E-state index contributed by atoms with van der Waals surface area (Å²) in [7, 11) is 0. The number of nitrogens with one attached hydrogen (secondary N) is 2. The number of piperidine rings is 1. The molecular weight excluding hydrogens is 320 g/mol. The van der Waals surface area contributed by atoms with Crippen molar-refractivity contribution < 1.29 is 4.79 Å². The van der Waals surface area contributed by atoms with Gasteiger partial charge in [-0.05, 0) is 44.1 Å². The summed E-state index contributed by atoms with van der Waals surface area (Å²) in [5.41, 5.74) is -0.0433. The van der Waals surface area contributed by atoms with E-state index in [1.165, 1.54) is 6.33 Å². The monoisotopic (exact) mass is 338 g/mol. The normalized spacial score (nSPS) is 16.5. The Balaban J connectivity index is 1.55. The minimum absolute atomic E-state index is 0.0759. The third-order valence-electron chi connectivity index (χ3n) is 4.46. The van der Waals surface area contributed by atoms with Crippen LogP contribution >= 0.6 is 0 Å². The van der Waals surface area contributed by atoms with Crippen molar-refractivity contribution in [3.8, 4) is 5.82 Å². The number of carbonyl (C=O) groups is 1. The molecule has 9 heteroatoms. The Bertz CT molecular complexity index is 820. The quantitative estimate of drug-likeness (QED) is 0.721. The molecule has 3 aromatic rings. The second kappa shape index (κ2) is 6.44. The van der Waals surface area contributed by atoms with E-state index in [1.54, 1.807) is 40.2 Å². The predicted octanol–water partition coefficient (Wildman–Crippen LogP) is 0.576. The zero-order chi connectivity index (χ0) is 17.1. The molecule has 4 heterocycles. The molecule has 0 aromatic carbocycles. The average molecular weight is 338 g/mol. The molecular formula is C16H18N8O. The number of rotatable bonds is 4. The summed E-state index contributed by atoms with van der Waals surface area (Å²) < 4.78 is 3.32. The van der Waals surface area contributed by atoms with Gasteiger partial charge >= 0.3 is 0 Å². The van der Waals surface area contributed by atoms with Crippen molar-refractivity contribution >= 4 is 11.6 Å². The van der Waals surface area contributed by atoms with Crippen LogP contribution in [0.3, 0.4) is 0 Å². The number of aromatic nitrogens is 6. The molecule has 1 saturated heterocycles. The third-order valence-corrected chi connectivity index (χ3v) is 4.46. The predicted molar refractivity (Wildman–Crippen MR) is 90.1 cm³/mol. The van der Waals surface area contributed by atoms with E-state index in [0.717, 1.165) is 13.1 Å². The SMILES string of the molecule is O=C(Nc1ccc(-n2cncn2)nc1)C1(n2cccn2)CCNCC1. The molecule has 2 N–H and O–H groups in total. The number of anilines is 1. The van der Waals surface area contributed by atoms with Crippen LogP contribution in [0.4, 0.5) is 5.69 Å². The summed E-state index contributed by atoms with van der Waals surface area (Å²) in [5.74, 6) is 0.562. The maximum absolute atomic E-state index is 13.0. The fraction of sp³-hybridized carbons (Fsp3) is 0.312. The van der Waals surface area contributed by atoms with Gasteiger partial charge < -0.3 is 10.6 Å². The highest BCUT2D eigenvalue weighted by Gasteiger charge is 2.42. The van der Waals surface area contributed by atoms with Crippen molar-refractivity contribution in [2.24, 2.45) is 0 Å². The van der Waals surface area contributed by atoms with Gasteiger partial charge in [-0.25, -0.2) is 14.6 Å². The van der Waals surface area contributed by atoms with Crippen LogP contribution in [0, 0.1) is 0 Å². The van der Waals surface area contributed by atoms with Crippen LogP contribution in [0.5, 0.6) is 0 Å². The number of hydrogen-bond acceptors (Lipinski definition) is 6. The largest absolute Gasteiger partial charge is 0.323 e. The third kappa shape index (κ3) is 2.89. The molecule has 0 bridgehead atoms. The highest BCUT2D eigenvalue weighted by molar-refractivity contribution is 5.96. The first-order chi connectivity index (χ1) is 12.3. The standard InChI is InChI=1S/C16H18N8O/c25-15(16(4-7-17-8-5-16)24-9-1-6-20-24)22-13-2-3-14(19-10-13)23-12-18-11-21-23/h1-3,6,9-12,17H,4-5,7-8H2,(H,22,25). The molecule has 1 aliphatic heterocycles. The molecule has 1 aliphatic rings. The van der Waals surface area contributed by atoms with Gasteiger partial charge in [0, 0.05) is 12.4 Å². The van der Waals surface area contributed by atoms with Gasteiger partial charge in [0.25, 0.3) is 5.91 Å². The van der Waals surface area contributed by atoms with Crippen molar-refractivity contribution in [1.82, 2.24) is 34.8 Å². The van der Waals surface area contributed by atoms with Gasteiger partial charge in [0.15, 0.2) is 5.82 Å². The van der Waals surface area contributed by atoms with Crippen LogP contribution in [0.15, 0.2) is 49.4 Å². The number of amides is 1. The Kier molecular flexibility index (Phi) is 3.98. The summed E-state index contributed by atoms with van der Waals surface area (Å²) in [5, 5.41) is 14.6. The Morgan fingerprint density at radius 3 is 2.76 bits per heavy atom. The van der Waals surface area contributed by atoms with Gasteiger partial charge in [-0.1, -0.05) is 0 Å². The molecule has 0 saturated carbocycles. The van der Waals surface area contributed by atoms with E-state index in [-0.39, 0.29) is 5.91 Å². The number of nitrogens with zero attached hydrogens (tertiary/aromatic N) is 6. The van der Waals surface area contributed by atoms with E-state index in [2.05, 4.69) is 30.8 Å². The van der Waals surface area contributed by atoms with Gasteiger partial charge in [-0.15, -0.1) is 0 Å². The van der Waals surface area contributed by atoms with Crippen LogP contribution in [0.2, 0.25) is 0 Å².